The van der Waals surface area contributed by atoms with Gasteiger partial charge in [-0.25, -0.2) is 5.84 Å². The van der Waals surface area contributed by atoms with E-state index in [4.69, 9.17) is 10.3 Å². The molecule has 1 aromatic rings. The number of rotatable bonds is 4. The fraction of sp³-hybridized carbons (Fsp3) is 0.615. The number of aryl methyl sites for hydroxylation is 1. The minimum Gasteiger partial charge on any atom is -0.464 e. The van der Waals surface area contributed by atoms with Gasteiger partial charge in [0.05, 0.1) is 18.2 Å². The van der Waals surface area contributed by atoms with Gasteiger partial charge >= 0.3 is 0 Å². The zero-order valence-electron chi connectivity index (χ0n) is 11.3. The average molecular weight is 267 g/mol. The van der Waals surface area contributed by atoms with Gasteiger partial charge < -0.3 is 9.52 Å². The molecule has 0 spiro atoms. The second kappa shape index (κ2) is 5.73. The van der Waals surface area contributed by atoms with Crippen LogP contribution in [0.15, 0.2) is 10.5 Å². The summed E-state index contributed by atoms with van der Waals surface area (Å²) in [4.78, 5) is 13.7. The summed E-state index contributed by atoms with van der Waals surface area (Å²) in [5, 5.41) is 9.57. The van der Waals surface area contributed by atoms with Gasteiger partial charge in [0.2, 0.25) is 0 Å². The summed E-state index contributed by atoms with van der Waals surface area (Å²) in [6.07, 6.45) is 0.718. The van der Waals surface area contributed by atoms with Crippen LogP contribution in [0.5, 0.6) is 0 Å². The van der Waals surface area contributed by atoms with Crippen LogP contribution in [0.2, 0.25) is 0 Å². The maximum Gasteiger partial charge on any atom is 0.268 e. The predicted molar refractivity (Wildman–Crippen MR) is 70.2 cm³/mol. The minimum absolute atomic E-state index is 0.276. The lowest BCUT2D eigenvalue weighted by molar-refractivity contribution is 0.0952. The van der Waals surface area contributed by atoms with Crippen LogP contribution in [0.3, 0.4) is 0 Å². The summed E-state index contributed by atoms with van der Waals surface area (Å²) in [7, 11) is 0. The Balaban J connectivity index is 1.99. The molecule has 0 aliphatic carbocycles. The van der Waals surface area contributed by atoms with E-state index in [2.05, 4.69) is 10.3 Å². The van der Waals surface area contributed by atoms with Crippen molar-refractivity contribution in [3.05, 3.63) is 23.2 Å². The zero-order valence-corrected chi connectivity index (χ0v) is 11.3. The van der Waals surface area contributed by atoms with Crippen molar-refractivity contribution in [2.75, 3.05) is 13.1 Å². The van der Waals surface area contributed by atoms with E-state index in [0.29, 0.717) is 23.8 Å². The molecular formula is C13H21N3O3. The highest BCUT2D eigenvalue weighted by Gasteiger charge is 2.27. The second-order valence-corrected chi connectivity index (χ2v) is 5.18. The number of furan rings is 1. The Labute approximate surface area is 112 Å². The first-order chi connectivity index (χ1) is 9.01. The van der Waals surface area contributed by atoms with Gasteiger partial charge in [-0.05, 0) is 38.8 Å². The Morgan fingerprint density at radius 2 is 2.47 bits per heavy atom. The largest absolute Gasteiger partial charge is 0.464 e. The van der Waals surface area contributed by atoms with E-state index in [-0.39, 0.29) is 12.0 Å². The smallest absolute Gasteiger partial charge is 0.268 e. The number of hydrogen-bond donors (Lipinski definition) is 3. The molecule has 1 saturated heterocycles. The number of likely N-dealkylation sites (tertiary alicyclic amines) is 1. The number of nitrogens with zero attached hydrogens (tertiary/aromatic N) is 1. The molecule has 2 rings (SSSR count). The third-order valence-electron chi connectivity index (χ3n) is 3.72. The standard InChI is InChI=1S/C13H21N3O3/c1-8(17)10-3-4-16(6-10)7-11-5-12(9(2)19-11)13(18)15-14/h5,8,10,17H,3-4,6-7,14H2,1-2H3,(H,15,18). The molecule has 6 nitrogen and oxygen atoms in total. The first kappa shape index (κ1) is 14.0. The molecule has 1 aliphatic heterocycles. The molecule has 6 heteroatoms. The lowest BCUT2D eigenvalue weighted by Crippen LogP contribution is -2.30. The summed E-state index contributed by atoms with van der Waals surface area (Å²) in [6.45, 7) is 6.02. The van der Waals surface area contributed by atoms with E-state index in [1.54, 1.807) is 13.0 Å². The fourth-order valence-corrected chi connectivity index (χ4v) is 2.55. The van der Waals surface area contributed by atoms with Crippen molar-refractivity contribution in [2.45, 2.75) is 32.9 Å². The molecule has 1 amide bonds. The van der Waals surface area contributed by atoms with E-state index in [0.717, 1.165) is 25.3 Å². The third-order valence-corrected chi connectivity index (χ3v) is 3.72. The molecule has 0 aromatic carbocycles. The number of aliphatic hydroxyl groups is 1. The third kappa shape index (κ3) is 3.15. The minimum atomic E-state index is -0.337. The molecule has 1 aromatic heterocycles. The van der Waals surface area contributed by atoms with Gasteiger partial charge in [0.1, 0.15) is 11.5 Å². The first-order valence-electron chi connectivity index (χ1n) is 6.52. The number of carbonyl (C=O) groups is 1. The number of nitrogen functional groups attached to an aromatic ring is 1. The van der Waals surface area contributed by atoms with Gasteiger partial charge in [-0.2, -0.15) is 0 Å². The Morgan fingerprint density at radius 3 is 3.05 bits per heavy atom. The van der Waals surface area contributed by atoms with Crippen LogP contribution < -0.4 is 11.3 Å². The van der Waals surface area contributed by atoms with E-state index in [1.165, 1.54) is 0 Å². The van der Waals surface area contributed by atoms with Gasteiger partial charge in [-0.3, -0.25) is 15.1 Å². The Hall–Kier alpha value is -1.37. The van der Waals surface area contributed by atoms with Gasteiger partial charge in [-0.15, -0.1) is 0 Å². The van der Waals surface area contributed by atoms with Gasteiger partial charge in [0.15, 0.2) is 0 Å². The Bertz CT molecular complexity index is 456. The molecule has 2 heterocycles. The summed E-state index contributed by atoms with van der Waals surface area (Å²) in [5.41, 5.74) is 2.58. The molecular weight excluding hydrogens is 246 g/mol. The molecule has 1 fully saturated rings. The monoisotopic (exact) mass is 267 g/mol. The predicted octanol–water partition coefficient (Wildman–Crippen LogP) is 0.394. The Kier molecular flexibility index (Phi) is 4.24. The fourth-order valence-electron chi connectivity index (χ4n) is 2.55. The quantitative estimate of drug-likeness (QED) is 0.417. The van der Waals surface area contributed by atoms with E-state index < -0.39 is 0 Å². The second-order valence-electron chi connectivity index (χ2n) is 5.18. The molecule has 2 unspecified atom stereocenters. The van der Waals surface area contributed by atoms with Gasteiger partial charge in [0.25, 0.3) is 5.91 Å². The van der Waals surface area contributed by atoms with Crippen molar-refractivity contribution >= 4 is 5.91 Å². The number of hydrogen-bond acceptors (Lipinski definition) is 5. The highest BCUT2D eigenvalue weighted by Crippen LogP contribution is 2.23. The molecule has 2 atom stereocenters. The Morgan fingerprint density at radius 1 is 1.74 bits per heavy atom. The number of carbonyl (C=O) groups excluding carboxylic acids is 1. The maximum atomic E-state index is 11.5. The van der Waals surface area contributed by atoms with Crippen LogP contribution >= 0.6 is 0 Å². The number of nitrogens with one attached hydrogen (secondary N) is 1. The molecule has 4 N–H and O–H groups in total. The normalized spacial score (nSPS) is 21.6. The average Bonchev–Trinajstić information content (AvgIpc) is 2.96. The van der Waals surface area contributed by atoms with Gasteiger partial charge in [0, 0.05) is 6.54 Å². The van der Waals surface area contributed by atoms with Crippen LogP contribution in [0.4, 0.5) is 0 Å². The van der Waals surface area contributed by atoms with Crippen LogP contribution in [-0.2, 0) is 6.54 Å². The molecule has 106 valence electrons. The molecule has 0 bridgehead atoms. The lowest BCUT2D eigenvalue weighted by atomic mass is 10.0. The van der Waals surface area contributed by atoms with Crippen molar-refractivity contribution in [1.29, 1.82) is 0 Å². The van der Waals surface area contributed by atoms with Crippen molar-refractivity contribution in [1.82, 2.24) is 10.3 Å². The molecule has 0 saturated carbocycles. The number of nitrogens with two attached hydrogens (primary N) is 1. The summed E-state index contributed by atoms with van der Waals surface area (Å²) < 4.78 is 5.57. The van der Waals surface area contributed by atoms with Crippen molar-refractivity contribution in [3.8, 4) is 0 Å². The highest BCUT2D eigenvalue weighted by molar-refractivity contribution is 5.94. The van der Waals surface area contributed by atoms with Crippen molar-refractivity contribution in [2.24, 2.45) is 11.8 Å². The van der Waals surface area contributed by atoms with Crippen LogP contribution in [0, 0.1) is 12.8 Å². The SMILES string of the molecule is Cc1oc(CN2CCC(C(C)O)C2)cc1C(=O)NN. The summed E-state index contributed by atoms with van der Waals surface area (Å²) >= 11 is 0. The number of hydrazine groups is 1. The molecule has 1 aliphatic rings. The lowest BCUT2D eigenvalue weighted by Gasteiger charge is -2.15. The van der Waals surface area contributed by atoms with Crippen LogP contribution in [0.25, 0.3) is 0 Å². The van der Waals surface area contributed by atoms with Crippen molar-refractivity contribution < 1.29 is 14.3 Å². The van der Waals surface area contributed by atoms with Crippen molar-refractivity contribution in [3.63, 3.8) is 0 Å². The topological polar surface area (TPSA) is 91.7 Å². The van der Waals surface area contributed by atoms with Gasteiger partial charge in [-0.1, -0.05) is 0 Å². The van der Waals surface area contributed by atoms with E-state index >= 15 is 0 Å². The highest BCUT2D eigenvalue weighted by atomic mass is 16.3. The van der Waals surface area contributed by atoms with Crippen LogP contribution in [-0.4, -0.2) is 35.1 Å². The molecule has 19 heavy (non-hydrogen) atoms. The van der Waals surface area contributed by atoms with Crippen LogP contribution in [0.1, 0.15) is 35.2 Å². The number of aliphatic hydroxyl groups excluding tert-OH is 1. The van der Waals surface area contributed by atoms with E-state index in [1.807, 2.05) is 6.92 Å². The number of amides is 1. The first-order valence-corrected chi connectivity index (χ1v) is 6.52. The maximum absolute atomic E-state index is 11.5. The summed E-state index contributed by atoms with van der Waals surface area (Å²) in [5.74, 6) is 6.43. The zero-order chi connectivity index (χ0) is 14.0. The molecule has 0 radical (unpaired) electrons. The van der Waals surface area contributed by atoms with E-state index in [9.17, 15) is 9.90 Å². The summed E-state index contributed by atoms with van der Waals surface area (Å²) in [6, 6.07) is 1.73.